The summed E-state index contributed by atoms with van der Waals surface area (Å²) in [5.41, 5.74) is 1.23. The monoisotopic (exact) mass is 384 g/mol. The Morgan fingerprint density at radius 3 is 2.68 bits per heavy atom. The minimum atomic E-state index is -0.520. The number of carbonyl (C=O) groups is 2. The van der Waals surface area contributed by atoms with E-state index in [9.17, 15) is 9.59 Å². The minimum absolute atomic E-state index is 0.0858. The summed E-state index contributed by atoms with van der Waals surface area (Å²) in [5.74, 6) is 1.28. The van der Waals surface area contributed by atoms with E-state index in [1.54, 1.807) is 55.3 Å². The van der Waals surface area contributed by atoms with Crippen LogP contribution >= 0.6 is 0 Å². The van der Waals surface area contributed by atoms with Gasteiger partial charge in [-0.15, -0.1) is 0 Å². The molecule has 7 heteroatoms. The molecule has 0 saturated heterocycles. The topological polar surface area (TPSA) is 77.1 Å². The lowest BCUT2D eigenvalue weighted by molar-refractivity contribution is -0.125. The molecule has 2 aromatic rings. The van der Waals surface area contributed by atoms with E-state index < -0.39 is 6.10 Å². The molecule has 1 atom stereocenters. The molecule has 0 aromatic heterocycles. The van der Waals surface area contributed by atoms with E-state index in [1.807, 2.05) is 13.0 Å². The summed E-state index contributed by atoms with van der Waals surface area (Å²) in [6.45, 7) is 4.17. The van der Waals surface area contributed by atoms with Crippen LogP contribution in [0.3, 0.4) is 0 Å². The molecule has 1 N–H and O–H groups in total. The molecule has 3 rings (SSSR count). The first-order valence-corrected chi connectivity index (χ1v) is 9.21. The maximum Gasteiger partial charge on any atom is 0.267 e. The molecule has 1 aliphatic rings. The predicted molar refractivity (Wildman–Crippen MR) is 106 cm³/mol. The second kappa shape index (κ2) is 8.65. The van der Waals surface area contributed by atoms with E-state index >= 15 is 0 Å². The Morgan fingerprint density at radius 1 is 1.21 bits per heavy atom. The van der Waals surface area contributed by atoms with Crippen molar-refractivity contribution in [2.45, 2.75) is 26.4 Å². The highest BCUT2D eigenvalue weighted by Crippen LogP contribution is 2.36. The van der Waals surface area contributed by atoms with Gasteiger partial charge in [0, 0.05) is 12.2 Å². The van der Waals surface area contributed by atoms with Gasteiger partial charge >= 0.3 is 0 Å². The fourth-order valence-corrected chi connectivity index (χ4v) is 3.02. The quantitative estimate of drug-likeness (QED) is 0.793. The van der Waals surface area contributed by atoms with Gasteiger partial charge in [0.25, 0.3) is 11.8 Å². The molecule has 0 fully saturated rings. The number of hydrogen-bond donors (Lipinski definition) is 1. The number of methoxy groups -OCH3 is 1. The lowest BCUT2D eigenvalue weighted by atomic mass is 10.1. The highest BCUT2D eigenvalue weighted by Gasteiger charge is 2.31. The summed E-state index contributed by atoms with van der Waals surface area (Å²) in [5, 5.41) is 2.79. The summed E-state index contributed by atoms with van der Waals surface area (Å²) < 4.78 is 16.4. The molecule has 0 aliphatic carbocycles. The number of carbonyl (C=O) groups excluding carboxylic acids is 2. The molecule has 2 aromatic carbocycles. The molecule has 0 bridgehead atoms. The van der Waals surface area contributed by atoms with Crippen molar-refractivity contribution in [1.29, 1.82) is 0 Å². The average Bonchev–Trinajstić information content (AvgIpc) is 2.70. The highest BCUT2D eigenvalue weighted by atomic mass is 16.5. The van der Waals surface area contributed by atoms with Crippen molar-refractivity contribution in [3.63, 3.8) is 0 Å². The third kappa shape index (κ3) is 4.19. The second-order valence-corrected chi connectivity index (χ2v) is 6.42. The summed E-state index contributed by atoms with van der Waals surface area (Å²) in [6.07, 6.45) is 0.301. The maximum atomic E-state index is 12.4. The summed E-state index contributed by atoms with van der Waals surface area (Å²) >= 11 is 0. The second-order valence-electron chi connectivity index (χ2n) is 6.42. The molecule has 0 saturated carbocycles. The maximum absolute atomic E-state index is 12.4. The van der Waals surface area contributed by atoms with Crippen LogP contribution in [-0.2, 0) is 9.59 Å². The molecule has 1 unspecified atom stereocenters. The van der Waals surface area contributed by atoms with Crippen LogP contribution in [0.2, 0.25) is 0 Å². The number of nitrogens with one attached hydrogen (secondary N) is 1. The van der Waals surface area contributed by atoms with Crippen LogP contribution in [0, 0.1) is 0 Å². The van der Waals surface area contributed by atoms with Gasteiger partial charge in [0.1, 0.15) is 5.75 Å². The van der Waals surface area contributed by atoms with Crippen molar-refractivity contribution in [3.05, 3.63) is 42.5 Å². The molecule has 0 spiro atoms. The Hall–Kier alpha value is -3.22. The number of amides is 2. The summed E-state index contributed by atoms with van der Waals surface area (Å²) in [4.78, 5) is 26.4. The van der Waals surface area contributed by atoms with Crippen molar-refractivity contribution in [2.24, 2.45) is 0 Å². The van der Waals surface area contributed by atoms with Crippen LogP contribution < -0.4 is 24.4 Å². The number of nitrogens with zero attached hydrogens (tertiary/aromatic N) is 1. The Labute approximate surface area is 164 Å². The largest absolute Gasteiger partial charge is 0.493 e. The van der Waals surface area contributed by atoms with E-state index in [2.05, 4.69) is 5.32 Å². The van der Waals surface area contributed by atoms with E-state index in [4.69, 9.17) is 14.2 Å². The molecule has 148 valence electrons. The van der Waals surface area contributed by atoms with Crippen LogP contribution in [0.4, 0.5) is 11.4 Å². The van der Waals surface area contributed by atoms with E-state index in [0.29, 0.717) is 35.2 Å². The van der Waals surface area contributed by atoms with Gasteiger partial charge in [-0.05, 0) is 43.7 Å². The smallest absolute Gasteiger partial charge is 0.267 e. The minimum Gasteiger partial charge on any atom is -0.493 e. The summed E-state index contributed by atoms with van der Waals surface area (Å²) in [7, 11) is 1.54. The zero-order chi connectivity index (χ0) is 20.1. The van der Waals surface area contributed by atoms with E-state index in [0.717, 1.165) is 6.42 Å². The van der Waals surface area contributed by atoms with Crippen LogP contribution in [0.1, 0.15) is 20.3 Å². The van der Waals surface area contributed by atoms with Crippen LogP contribution in [0.25, 0.3) is 0 Å². The standard InChI is InChI=1S/C21H24N2O5/c1-4-11-23-16-12-15(9-10-17(16)28-14(2)21(23)25)22-20(24)13-27-19-8-6-5-7-18(19)26-3/h5-10,12,14H,4,11,13H2,1-3H3,(H,22,24). The fourth-order valence-electron chi connectivity index (χ4n) is 3.02. The lowest BCUT2D eigenvalue weighted by Gasteiger charge is -2.33. The number of hydrogen-bond acceptors (Lipinski definition) is 5. The first-order valence-electron chi connectivity index (χ1n) is 9.21. The normalized spacial score (nSPS) is 15.5. The number of ether oxygens (including phenoxy) is 3. The number of para-hydroxylation sites is 2. The SMILES string of the molecule is CCCN1C(=O)C(C)Oc2ccc(NC(=O)COc3ccccc3OC)cc21. The Morgan fingerprint density at radius 2 is 1.96 bits per heavy atom. The molecular weight excluding hydrogens is 360 g/mol. The zero-order valence-electron chi connectivity index (χ0n) is 16.2. The first kappa shape index (κ1) is 19.5. The van der Waals surface area contributed by atoms with Crippen LogP contribution in [0.5, 0.6) is 17.2 Å². The van der Waals surface area contributed by atoms with Gasteiger partial charge < -0.3 is 24.4 Å². The lowest BCUT2D eigenvalue weighted by Crippen LogP contribution is -2.44. The van der Waals surface area contributed by atoms with Gasteiger partial charge in [0.05, 0.1) is 12.8 Å². The van der Waals surface area contributed by atoms with Crippen LogP contribution in [-0.4, -0.2) is 38.2 Å². The van der Waals surface area contributed by atoms with E-state index in [-0.39, 0.29) is 18.4 Å². The average molecular weight is 384 g/mol. The van der Waals surface area contributed by atoms with Gasteiger partial charge in [-0.2, -0.15) is 0 Å². The number of rotatable bonds is 7. The molecule has 1 aliphatic heterocycles. The Balaban J connectivity index is 1.69. The van der Waals surface area contributed by atoms with Crippen molar-refractivity contribution in [2.75, 3.05) is 30.5 Å². The molecule has 1 heterocycles. The number of anilines is 2. The third-order valence-corrected chi connectivity index (χ3v) is 4.33. The van der Waals surface area contributed by atoms with E-state index in [1.165, 1.54) is 0 Å². The van der Waals surface area contributed by atoms with Crippen molar-refractivity contribution < 1.29 is 23.8 Å². The summed E-state index contributed by atoms with van der Waals surface area (Å²) in [6, 6.07) is 12.4. The predicted octanol–water partition coefficient (Wildman–Crippen LogP) is 3.24. The third-order valence-electron chi connectivity index (χ3n) is 4.33. The Kier molecular flexibility index (Phi) is 6.03. The van der Waals surface area contributed by atoms with Gasteiger partial charge in [0.15, 0.2) is 24.2 Å². The van der Waals surface area contributed by atoms with Crippen molar-refractivity contribution in [3.8, 4) is 17.2 Å². The van der Waals surface area contributed by atoms with Gasteiger partial charge in [-0.3, -0.25) is 9.59 Å². The van der Waals surface area contributed by atoms with Crippen molar-refractivity contribution in [1.82, 2.24) is 0 Å². The molecule has 2 amide bonds. The fraction of sp³-hybridized carbons (Fsp3) is 0.333. The first-order chi connectivity index (χ1) is 13.5. The molecule has 0 radical (unpaired) electrons. The number of fused-ring (bicyclic) bond motifs is 1. The Bertz CT molecular complexity index is 868. The zero-order valence-corrected chi connectivity index (χ0v) is 16.2. The van der Waals surface area contributed by atoms with Crippen LogP contribution in [0.15, 0.2) is 42.5 Å². The number of benzene rings is 2. The van der Waals surface area contributed by atoms with Crippen molar-refractivity contribution >= 4 is 23.2 Å². The highest BCUT2D eigenvalue weighted by molar-refractivity contribution is 6.01. The van der Waals surface area contributed by atoms with Gasteiger partial charge in [0.2, 0.25) is 0 Å². The van der Waals surface area contributed by atoms with Gasteiger partial charge in [-0.25, -0.2) is 0 Å². The molecular formula is C21H24N2O5. The van der Waals surface area contributed by atoms with Gasteiger partial charge in [-0.1, -0.05) is 19.1 Å². The molecule has 7 nitrogen and oxygen atoms in total. The molecule has 28 heavy (non-hydrogen) atoms.